The largest absolute Gasteiger partial charge is 0.394 e. The number of carbonyl (C=O) groups excluding carboxylic acids is 1. The van der Waals surface area contributed by atoms with Gasteiger partial charge >= 0.3 is 0 Å². The fourth-order valence-electron chi connectivity index (χ4n) is 4.56. The molecule has 222 valence electrons. The normalized spacial score (nSPS) is 13.7. The molecule has 4 nitrogen and oxygen atoms in total. The molecule has 0 radical (unpaired) electrons. The molecule has 2 atom stereocenters. The maximum atomic E-state index is 12.1. The molecule has 0 aliphatic heterocycles. The standard InChI is InChI=1S/C34H63NO3/c1-3-5-7-9-11-12-13-14-15-16-17-18-19-20-21-22-23-24-25-27-29-33(37)32(31-36)35-34(38)30-28-26-10-8-6-4-2/h18-19,22-23,27,29,32-33,36-37H,3-17,20-21,24-26,28,30-31H2,1-2H3,(H,35,38)/b19-18+,23-22+,29-27+. The van der Waals surface area contributed by atoms with E-state index in [-0.39, 0.29) is 12.5 Å². The first-order valence-corrected chi connectivity index (χ1v) is 16.2. The van der Waals surface area contributed by atoms with Crippen molar-refractivity contribution in [1.82, 2.24) is 5.32 Å². The van der Waals surface area contributed by atoms with Gasteiger partial charge < -0.3 is 15.5 Å². The van der Waals surface area contributed by atoms with Gasteiger partial charge in [0, 0.05) is 6.42 Å². The van der Waals surface area contributed by atoms with Crippen LogP contribution in [0.4, 0.5) is 0 Å². The van der Waals surface area contributed by atoms with Gasteiger partial charge in [0.15, 0.2) is 0 Å². The highest BCUT2D eigenvalue weighted by molar-refractivity contribution is 5.76. The Kier molecular flexibility index (Phi) is 29.1. The first kappa shape index (κ1) is 36.6. The fourth-order valence-corrected chi connectivity index (χ4v) is 4.56. The van der Waals surface area contributed by atoms with Crippen molar-refractivity contribution in [3.05, 3.63) is 36.5 Å². The summed E-state index contributed by atoms with van der Waals surface area (Å²) in [5, 5.41) is 22.6. The zero-order valence-corrected chi connectivity index (χ0v) is 25.2. The molecular formula is C34H63NO3. The SMILES string of the molecule is CCCCCCCCCCCC/C=C/CC/C=C/CC/C=C/C(O)C(CO)NC(=O)CCCCCCCC. The van der Waals surface area contributed by atoms with Gasteiger partial charge in [0.2, 0.25) is 5.91 Å². The molecule has 0 aliphatic rings. The van der Waals surface area contributed by atoms with E-state index in [1.165, 1.54) is 96.3 Å². The van der Waals surface area contributed by atoms with E-state index < -0.39 is 12.1 Å². The second-order valence-corrected chi connectivity index (χ2v) is 10.9. The van der Waals surface area contributed by atoms with Gasteiger partial charge in [-0.05, 0) is 44.9 Å². The Balaban J connectivity index is 3.69. The molecule has 0 aromatic carbocycles. The van der Waals surface area contributed by atoms with Crippen molar-refractivity contribution in [3.8, 4) is 0 Å². The third-order valence-corrected chi connectivity index (χ3v) is 7.10. The highest BCUT2D eigenvalue weighted by atomic mass is 16.3. The first-order valence-electron chi connectivity index (χ1n) is 16.2. The molecule has 38 heavy (non-hydrogen) atoms. The number of hydrogen-bond acceptors (Lipinski definition) is 3. The number of allylic oxidation sites excluding steroid dienone is 5. The Morgan fingerprint density at radius 3 is 1.53 bits per heavy atom. The molecule has 0 saturated carbocycles. The van der Waals surface area contributed by atoms with E-state index in [9.17, 15) is 15.0 Å². The zero-order chi connectivity index (χ0) is 27.9. The Morgan fingerprint density at radius 2 is 1.03 bits per heavy atom. The van der Waals surface area contributed by atoms with Crippen LogP contribution < -0.4 is 5.32 Å². The van der Waals surface area contributed by atoms with Crippen LogP contribution in [0.1, 0.15) is 155 Å². The first-order chi connectivity index (χ1) is 18.7. The molecule has 0 spiro atoms. The summed E-state index contributed by atoms with van der Waals surface area (Å²) >= 11 is 0. The quantitative estimate of drug-likeness (QED) is 0.0693. The lowest BCUT2D eigenvalue weighted by molar-refractivity contribution is -0.123. The third kappa shape index (κ3) is 26.2. The van der Waals surface area contributed by atoms with E-state index in [1.807, 2.05) is 6.08 Å². The van der Waals surface area contributed by atoms with Gasteiger partial charge in [0.05, 0.1) is 18.8 Å². The van der Waals surface area contributed by atoms with Crippen molar-refractivity contribution in [1.29, 1.82) is 0 Å². The average Bonchev–Trinajstić information content (AvgIpc) is 2.92. The monoisotopic (exact) mass is 533 g/mol. The smallest absolute Gasteiger partial charge is 0.220 e. The minimum Gasteiger partial charge on any atom is -0.394 e. The van der Waals surface area contributed by atoms with Crippen molar-refractivity contribution >= 4 is 5.91 Å². The molecular weight excluding hydrogens is 470 g/mol. The number of rotatable bonds is 28. The maximum absolute atomic E-state index is 12.1. The molecule has 0 aliphatic carbocycles. The molecule has 2 unspecified atom stereocenters. The van der Waals surface area contributed by atoms with Crippen molar-refractivity contribution < 1.29 is 15.0 Å². The molecule has 0 saturated heterocycles. The summed E-state index contributed by atoms with van der Waals surface area (Å²) in [6, 6.07) is -0.638. The molecule has 0 aromatic rings. The number of amides is 1. The maximum Gasteiger partial charge on any atom is 0.220 e. The lowest BCUT2D eigenvalue weighted by Gasteiger charge is -2.19. The molecule has 0 bridgehead atoms. The summed E-state index contributed by atoms with van der Waals surface area (Å²) in [5.74, 6) is -0.0903. The van der Waals surface area contributed by atoms with Gasteiger partial charge in [0.1, 0.15) is 0 Å². The minimum atomic E-state index is -0.863. The van der Waals surface area contributed by atoms with Crippen LogP contribution in [0.15, 0.2) is 36.5 Å². The lowest BCUT2D eigenvalue weighted by atomic mass is 10.1. The van der Waals surface area contributed by atoms with Gasteiger partial charge in [0.25, 0.3) is 0 Å². The van der Waals surface area contributed by atoms with Crippen molar-refractivity contribution in [2.45, 2.75) is 167 Å². The molecule has 0 rings (SSSR count). The zero-order valence-electron chi connectivity index (χ0n) is 25.2. The minimum absolute atomic E-state index is 0.0903. The topological polar surface area (TPSA) is 69.6 Å². The fraction of sp³-hybridized carbons (Fsp3) is 0.794. The van der Waals surface area contributed by atoms with E-state index in [1.54, 1.807) is 6.08 Å². The highest BCUT2D eigenvalue weighted by Gasteiger charge is 2.17. The van der Waals surface area contributed by atoms with Crippen LogP contribution in [0.2, 0.25) is 0 Å². The molecule has 1 amide bonds. The van der Waals surface area contributed by atoms with Crippen LogP contribution >= 0.6 is 0 Å². The van der Waals surface area contributed by atoms with Crippen LogP contribution in [-0.2, 0) is 4.79 Å². The predicted octanol–water partition coefficient (Wildman–Crippen LogP) is 9.12. The van der Waals surface area contributed by atoms with Crippen molar-refractivity contribution in [2.24, 2.45) is 0 Å². The second kappa shape index (κ2) is 30.2. The number of aliphatic hydroxyl groups excluding tert-OH is 2. The number of hydrogen-bond donors (Lipinski definition) is 3. The summed E-state index contributed by atoms with van der Waals surface area (Å²) < 4.78 is 0. The van der Waals surface area contributed by atoms with E-state index >= 15 is 0 Å². The van der Waals surface area contributed by atoms with Gasteiger partial charge in [-0.2, -0.15) is 0 Å². The molecule has 0 aromatic heterocycles. The Morgan fingerprint density at radius 1 is 0.605 bits per heavy atom. The van der Waals surface area contributed by atoms with Gasteiger partial charge in [-0.3, -0.25) is 4.79 Å². The number of carbonyl (C=O) groups is 1. The van der Waals surface area contributed by atoms with Crippen molar-refractivity contribution in [2.75, 3.05) is 6.61 Å². The van der Waals surface area contributed by atoms with Crippen LogP contribution in [-0.4, -0.2) is 34.9 Å². The highest BCUT2D eigenvalue weighted by Crippen LogP contribution is 2.12. The van der Waals surface area contributed by atoms with Crippen LogP contribution in [0.3, 0.4) is 0 Å². The van der Waals surface area contributed by atoms with Crippen LogP contribution in [0.25, 0.3) is 0 Å². The summed E-state index contributed by atoms with van der Waals surface area (Å²) in [6.07, 6.45) is 38.1. The van der Waals surface area contributed by atoms with E-state index in [0.29, 0.717) is 6.42 Å². The third-order valence-electron chi connectivity index (χ3n) is 7.10. The molecule has 4 heteroatoms. The summed E-state index contributed by atoms with van der Waals surface area (Å²) in [7, 11) is 0. The van der Waals surface area contributed by atoms with Gasteiger partial charge in [-0.25, -0.2) is 0 Å². The van der Waals surface area contributed by atoms with Crippen LogP contribution in [0.5, 0.6) is 0 Å². The van der Waals surface area contributed by atoms with Gasteiger partial charge in [-0.15, -0.1) is 0 Å². The lowest BCUT2D eigenvalue weighted by Crippen LogP contribution is -2.45. The number of aliphatic hydroxyl groups is 2. The molecule has 3 N–H and O–H groups in total. The second-order valence-electron chi connectivity index (χ2n) is 10.9. The summed E-state index contributed by atoms with van der Waals surface area (Å²) in [4.78, 5) is 12.1. The number of nitrogens with one attached hydrogen (secondary N) is 1. The van der Waals surface area contributed by atoms with E-state index in [4.69, 9.17) is 0 Å². The Hall–Kier alpha value is -1.39. The summed E-state index contributed by atoms with van der Waals surface area (Å²) in [5.41, 5.74) is 0. The number of unbranched alkanes of at least 4 members (excludes halogenated alkanes) is 17. The predicted molar refractivity (Wildman–Crippen MR) is 165 cm³/mol. The average molecular weight is 534 g/mol. The van der Waals surface area contributed by atoms with E-state index in [0.717, 1.165) is 38.5 Å². The Labute approximate surface area is 236 Å². The van der Waals surface area contributed by atoms with Gasteiger partial charge in [-0.1, -0.05) is 140 Å². The summed E-state index contributed by atoms with van der Waals surface area (Å²) in [6.45, 7) is 4.21. The molecule has 0 fully saturated rings. The van der Waals surface area contributed by atoms with Crippen molar-refractivity contribution in [3.63, 3.8) is 0 Å². The molecule has 0 heterocycles. The van der Waals surface area contributed by atoms with Crippen LogP contribution in [0, 0.1) is 0 Å². The van der Waals surface area contributed by atoms with E-state index in [2.05, 4.69) is 43.5 Å². The Bertz CT molecular complexity index is 584.